The van der Waals surface area contributed by atoms with E-state index < -0.39 is 6.10 Å². The van der Waals surface area contributed by atoms with E-state index in [9.17, 15) is 5.11 Å². The van der Waals surface area contributed by atoms with E-state index in [4.69, 9.17) is 10.00 Å². The van der Waals surface area contributed by atoms with E-state index in [0.29, 0.717) is 24.6 Å². The van der Waals surface area contributed by atoms with Crippen molar-refractivity contribution in [1.82, 2.24) is 0 Å². The zero-order valence-corrected chi connectivity index (χ0v) is 13.4. The Bertz CT molecular complexity index is 480. The van der Waals surface area contributed by atoms with Crippen molar-refractivity contribution < 1.29 is 9.84 Å². The Hall–Kier alpha value is -1.57. The van der Waals surface area contributed by atoms with Crippen molar-refractivity contribution in [1.29, 1.82) is 5.26 Å². The Balaban J connectivity index is 2.42. The number of aliphatic hydroxyl groups is 1. The number of aryl methyl sites for hydroxylation is 1. The van der Waals surface area contributed by atoms with Crippen LogP contribution < -0.4 is 5.32 Å². The number of anilines is 1. The smallest absolute Gasteiger partial charge is 0.102 e. The summed E-state index contributed by atoms with van der Waals surface area (Å²) in [4.78, 5) is 0. The minimum Gasteiger partial charge on any atom is -0.389 e. The van der Waals surface area contributed by atoms with E-state index in [1.54, 1.807) is 0 Å². The van der Waals surface area contributed by atoms with E-state index >= 15 is 0 Å². The van der Waals surface area contributed by atoms with Crippen LogP contribution in [0.25, 0.3) is 0 Å². The Kier molecular flexibility index (Phi) is 7.21. The molecule has 2 atom stereocenters. The average molecular weight is 290 g/mol. The van der Waals surface area contributed by atoms with Gasteiger partial charge in [-0.15, -0.1) is 0 Å². The Morgan fingerprint density at radius 1 is 1.33 bits per heavy atom. The molecule has 0 radical (unpaired) electrons. The van der Waals surface area contributed by atoms with Crippen LogP contribution in [0.4, 0.5) is 5.69 Å². The summed E-state index contributed by atoms with van der Waals surface area (Å²) in [5.74, 6) is 0.584. The second-order valence-electron chi connectivity index (χ2n) is 5.92. The van der Waals surface area contributed by atoms with Crippen molar-refractivity contribution in [2.45, 2.75) is 46.3 Å². The van der Waals surface area contributed by atoms with Gasteiger partial charge in [0.25, 0.3) is 0 Å². The molecule has 2 unspecified atom stereocenters. The molecule has 0 spiro atoms. The molecule has 0 aromatic heterocycles. The summed E-state index contributed by atoms with van der Waals surface area (Å²) in [6, 6.07) is 7.83. The van der Waals surface area contributed by atoms with E-state index in [1.165, 1.54) is 0 Å². The molecular weight excluding hydrogens is 264 g/mol. The van der Waals surface area contributed by atoms with Crippen LogP contribution in [0.3, 0.4) is 0 Å². The molecule has 0 saturated heterocycles. The van der Waals surface area contributed by atoms with Gasteiger partial charge in [-0.3, -0.25) is 0 Å². The van der Waals surface area contributed by atoms with Crippen LogP contribution in [-0.2, 0) is 4.74 Å². The zero-order chi connectivity index (χ0) is 15.8. The van der Waals surface area contributed by atoms with Crippen LogP contribution in [0.2, 0.25) is 0 Å². The molecule has 0 aliphatic rings. The Morgan fingerprint density at radius 3 is 2.67 bits per heavy atom. The summed E-state index contributed by atoms with van der Waals surface area (Å²) in [5, 5.41) is 22.2. The lowest BCUT2D eigenvalue weighted by molar-refractivity contribution is -0.00443. The van der Waals surface area contributed by atoms with E-state index in [-0.39, 0.29) is 6.10 Å². The highest BCUT2D eigenvalue weighted by Gasteiger charge is 2.11. The maximum absolute atomic E-state index is 9.96. The van der Waals surface area contributed by atoms with Crippen molar-refractivity contribution >= 4 is 5.69 Å². The SMILES string of the molecule is Cc1cccc(NCC(O)COC(C)CC(C)C)c1C#N. The van der Waals surface area contributed by atoms with Crippen LogP contribution in [0.5, 0.6) is 0 Å². The second-order valence-corrected chi connectivity index (χ2v) is 5.92. The van der Waals surface area contributed by atoms with Gasteiger partial charge in [-0.25, -0.2) is 0 Å². The van der Waals surface area contributed by atoms with Gasteiger partial charge in [-0.05, 0) is 37.8 Å². The van der Waals surface area contributed by atoms with Crippen LogP contribution >= 0.6 is 0 Å². The van der Waals surface area contributed by atoms with Gasteiger partial charge in [0.2, 0.25) is 0 Å². The molecule has 4 nitrogen and oxygen atoms in total. The van der Waals surface area contributed by atoms with Crippen molar-refractivity contribution in [3.8, 4) is 6.07 Å². The highest BCUT2D eigenvalue weighted by atomic mass is 16.5. The van der Waals surface area contributed by atoms with Crippen molar-refractivity contribution in [3.63, 3.8) is 0 Å². The molecule has 0 amide bonds. The molecule has 0 fully saturated rings. The first-order valence-corrected chi connectivity index (χ1v) is 7.47. The van der Waals surface area contributed by atoms with E-state index in [0.717, 1.165) is 17.7 Å². The van der Waals surface area contributed by atoms with Gasteiger partial charge >= 0.3 is 0 Å². The van der Waals surface area contributed by atoms with Crippen molar-refractivity contribution in [2.24, 2.45) is 5.92 Å². The number of rotatable bonds is 8. The first-order valence-electron chi connectivity index (χ1n) is 7.47. The first kappa shape index (κ1) is 17.5. The molecule has 0 aliphatic heterocycles. The number of aliphatic hydroxyl groups excluding tert-OH is 1. The second kappa shape index (κ2) is 8.66. The van der Waals surface area contributed by atoms with Gasteiger partial charge in [0.1, 0.15) is 6.07 Å². The van der Waals surface area contributed by atoms with Crippen LogP contribution in [0, 0.1) is 24.2 Å². The van der Waals surface area contributed by atoms with Gasteiger partial charge in [0.15, 0.2) is 0 Å². The summed E-state index contributed by atoms with van der Waals surface area (Å²) >= 11 is 0. The molecule has 0 aliphatic carbocycles. The minimum absolute atomic E-state index is 0.147. The molecule has 4 heteroatoms. The lowest BCUT2D eigenvalue weighted by Gasteiger charge is -2.19. The molecule has 1 aromatic rings. The van der Waals surface area contributed by atoms with Gasteiger partial charge in [0, 0.05) is 6.54 Å². The molecule has 1 aromatic carbocycles. The molecule has 1 rings (SSSR count). The fraction of sp³-hybridized carbons (Fsp3) is 0.588. The lowest BCUT2D eigenvalue weighted by atomic mass is 10.1. The Morgan fingerprint density at radius 2 is 2.05 bits per heavy atom. The third-order valence-electron chi connectivity index (χ3n) is 3.29. The van der Waals surface area contributed by atoms with Crippen LogP contribution in [0.15, 0.2) is 18.2 Å². The molecule has 0 heterocycles. The number of ether oxygens (including phenoxy) is 1. The number of nitrogens with zero attached hydrogens (tertiary/aromatic N) is 1. The Labute approximate surface area is 127 Å². The molecular formula is C17H26N2O2. The fourth-order valence-corrected chi connectivity index (χ4v) is 2.26. The third-order valence-corrected chi connectivity index (χ3v) is 3.29. The normalized spacial score (nSPS) is 13.8. The molecule has 0 saturated carbocycles. The number of benzene rings is 1. The summed E-state index contributed by atoms with van der Waals surface area (Å²) in [6.45, 7) is 8.89. The third kappa shape index (κ3) is 6.16. The first-order chi connectivity index (χ1) is 9.93. The predicted octanol–water partition coefficient (Wildman–Crippen LogP) is 3.09. The van der Waals surface area contributed by atoms with E-state index in [2.05, 4.69) is 25.2 Å². The van der Waals surface area contributed by atoms with Gasteiger partial charge in [-0.1, -0.05) is 26.0 Å². The predicted molar refractivity (Wildman–Crippen MR) is 85.3 cm³/mol. The summed E-state index contributed by atoms with van der Waals surface area (Å²) in [6.07, 6.45) is 0.538. The van der Waals surface area contributed by atoms with Gasteiger partial charge in [0.05, 0.1) is 30.1 Å². The molecule has 21 heavy (non-hydrogen) atoms. The maximum Gasteiger partial charge on any atom is 0.102 e. The van der Waals surface area contributed by atoms with Crippen molar-refractivity contribution in [3.05, 3.63) is 29.3 Å². The molecule has 0 bridgehead atoms. The number of hydrogen-bond donors (Lipinski definition) is 2. The largest absolute Gasteiger partial charge is 0.389 e. The molecule has 116 valence electrons. The average Bonchev–Trinajstić information content (AvgIpc) is 2.42. The van der Waals surface area contributed by atoms with Crippen molar-refractivity contribution in [2.75, 3.05) is 18.5 Å². The number of hydrogen-bond acceptors (Lipinski definition) is 4. The summed E-state index contributed by atoms with van der Waals surface area (Å²) < 4.78 is 5.63. The van der Waals surface area contributed by atoms with Crippen LogP contribution in [-0.4, -0.2) is 30.5 Å². The van der Waals surface area contributed by atoms with E-state index in [1.807, 2.05) is 32.0 Å². The minimum atomic E-state index is -0.591. The van der Waals surface area contributed by atoms with Crippen LogP contribution in [0.1, 0.15) is 38.3 Å². The zero-order valence-electron chi connectivity index (χ0n) is 13.4. The number of nitrogens with one attached hydrogen (secondary N) is 1. The monoisotopic (exact) mass is 290 g/mol. The summed E-state index contributed by atoms with van der Waals surface area (Å²) in [5.41, 5.74) is 2.31. The highest BCUT2D eigenvalue weighted by Crippen LogP contribution is 2.18. The van der Waals surface area contributed by atoms with Gasteiger partial charge in [-0.2, -0.15) is 5.26 Å². The maximum atomic E-state index is 9.96. The molecule has 2 N–H and O–H groups in total. The lowest BCUT2D eigenvalue weighted by Crippen LogP contribution is -2.27. The summed E-state index contributed by atoms with van der Waals surface area (Å²) in [7, 11) is 0. The van der Waals surface area contributed by atoms with Gasteiger partial charge < -0.3 is 15.2 Å². The standard InChI is InChI=1S/C17H26N2O2/c1-12(2)8-14(4)21-11-15(20)10-19-17-7-5-6-13(3)16(17)9-18/h5-7,12,14-15,19-20H,8,10-11H2,1-4H3. The fourth-order valence-electron chi connectivity index (χ4n) is 2.26. The quantitative estimate of drug-likeness (QED) is 0.772. The number of nitriles is 1. The highest BCUT2D eigenvalue weighted by molar-refractivity contribution is 5.60. The topological polar surface area (TPSA) is 65.3 Å².